The van der Waals surface area contributed by atoms with Crippen molar-refractivity contribution in [3.8, 4) is 0 Å². The molecule has 0 saturated carbocycles. The van der Waals surface area contributed by atoms with Crippen LogP contribution in [0.4, 0.5) is 0 Å². The molecule has 1 saturated heterocycles. The van der Waals surface area contributed by atoms with E-state index >= 15 is 0 Å². The number of amides is 1. The summed E-state index contributed by atoms with van der Waals surface area (Å²) in [4.78, 5) is 14.1. The van der Waals surface area contributed by atoms with Crippen LogP contribution in [0.15, 0.2) is 28.7 Å². The smallest absolute Gasteiger partial charge is 0.254 e. The number of halogens is 1. The lowest BCUT2D eigenvalue weighted by Gasteiger charge is -2.28. The Morgan fingerprint density at radius 3 is 2.89 bits per heavy atom. The van der Waals surface area contributed by atoms with Crippen LogP contribution >= 0.6 is 15.9 Å². The van der Waals surface area contributed by atoms with Gasteiger partial charge in [0, 0.05) is 24.1 Å². The van der Waals surface area contributed by atoms with Crippen LogP contribution in [0.2, 0.25) is 0 Å². The van der Waals surface area contributed by atoms with Crippen LogP contribution in [-0.4, -0.2) is 37.0 Å². The predicted molar refractivity (Wildman–Crippen MR) is 76.7 cm³/mol. The van der Waals surface area contributed by atoms with Crippen molar-refractivity contribution in [2.75, 3.05) is 20.1 Å². The quantitative estimate of drug-likeness (QED) is 0.931. The molecule has 1 unspecified atom stereocenters. The molecule has 3 nitrogen and oxygen atoms in total. The summed E-state index contributed by atoms with van der Waals surface area (Å²) in [6.07, 6.45) is 3.67. The predicted octanol–water partition coefficient (Wildman–Crippen LogP) is 2.66. The lowest BCUT2D eigenvalue weighted by molar-refractivity contribution is 0.0774. The first kappa shape index (κ1) is 13.6. The molecule has 1 atom stereocenters. The van der Waals surface area contributed by atoms with Crippen molar-refractivity contribution in [3.63, 3.8) is 0 Å². The molecule has 2 rings (SSSR count). The lowest BCUT2D eigenvalue weighted by Crippen LogP contribution is -2.44. The number of piperidine rings is 1. The van der Waals surface area contributed by atoms with Gasteiger partial charge in [-0.15, -0.1) is 0 Å². The third kappa shape index (κ3) is 3.33. The Labute approximate surface area is 117 Å². The van der Waals surface area contributed by atoms with Crippen molar-refractivity contribution < 1.29 is 4.79 Å². The molecular weight excluding hydrogens is 292 g/mol. The Kier molecular flexibility index (Phi) is 4.78. The lowest BCUT2D eigenvalue weighted by atomic mass is 10.0. The molecule has 0 bridgehead atoms. The Balaban J connectivity index is 1.98. The van der Waals surface area contributed by atoms with Crippen molar-refractivity contribution in [1.82, 2.24) is 10.2 Å². The van der Waals surface area contributed by atoms with Gasteiger partial charge in [0.1, 0.15) is 0 Å². The highest BCUT2D eigenvalue weighted by Crippen LogP contribution is 2.18. The van der Waals surface area contributed by atoms with Crippen LogP contribution in [0.1, 0.15) is 29.6 Å². The van der Waals surface area contributed by atoms with E-state index in [2.05, 4.69) is 21.2 Å². The standard InChI is InChI=1S/C14H19BrN2O/c1-17(10-11-6-4-5-9-16-11)14(18)12-7-2-3-8-13(12)15/h2-3,7-8,11,16H,4-6,9-10H2,1H3. The highest BCUT2D eigenvalue weighted by atomic mass is 79.9. The molecule has 1 aliphatic heterocycles. The first-order chi connectivity index (χ1) is 8.68. The number of carbonyl (C=O) groups excluding carboxylic acids is 1. The zero-order chi connectivity index (χ0) is 13.0. The van der Waals surface area contributed by atoms with Crippen LogP contribution in [0.5, 0.6) is 0 Å². The second-order valence-corrected chi connectivity index (χ2v) is 5.67. The summed E-state index contributed by atoms with van der Waals surface area (Å²) in [5.41, 5.74) is 0.732. The zero-order valence-corrected chi connectivity index (χ0v) is 12.2. The third-order valence-electron chi connectivity index (χ3n) is 3.36. The largest absolute Gasteiger partial charge is 0.340 e. The highest BCUT2D eigenvalue weighted by molar-refractivity contribution is 9.10. The van der Waals surface area contributed by atoms with Crippen LogP contribution in [0.25, 0.3) is 0 Å². The van der Waals surface area contributed by atoms with Gasteiger partial charge in [-0.1, -0.05) is 18.6 Å². The van der Waals surface area contributed by atoms with E-state index in [1.54, 1.807) is 0 Å². The summed E-state index contributed by atoms with van der Waals surface area (Å²) < 4.78 is 0.860. The zero-order valence-electron chi connectivity index (χ0n) is 10.7. The van der Waals surface area contributed by atoms with E-state index in [-0.39, 0.29) is 5.91 Å². The molecule has 1 fully saturated rings. The van der Waals surface area contributed by atoms with E-state index in [4.69, 9.17) is 0 Å². The Hall–Kier alpha value is -0.870. The summed E-state index contributed by atoms with van der Waals surface area (Å²) in [5.74, 6) is 0.0786. The van der Waals surface area contributed by atoms with Gasteiger partial charge in [0.25, 0.3) is 5.91 Å². The van der Waals surface area contributed by atoms with Crippen molar-refractivity contribution in [1.29, 1.82) is 0 Å². The molecule has 1 heterocycles. The van der Waals surface area contributed by atoms with Gasteiger partial charge in [0.05, 0.1) is 5.56 Å². The summed E-state index contributed by atoms with van der Waals surface area (Å²) in [5, 5.41) is 3.47. The van der Waals surface area contributed by atoms with Gasteiger partial charge in [0.2, 0.25) is 0 Å². The van der Waals surface area contributed by atoms with Crippen LogP contribution < -0.4 is 5.32 Å². The van der Waals surface area contributed by atoms with E-state index in [1.807, 2.05) is 36.2 Å². The fourth-order valence-electron chi connectivity index (χ4n) is 2.33. The number of nitrogens with one attached hydrogen (secondary N) is 1. The number of nitrogens with zero attached hydrogens (tertiary/aromatic N) is 1. The Bertz CT molecular complexity index is 416. The maximum absolute atomic E-state index is 12.3. The minimum atomic E-state index is 0.0786. The molecule has 1 N–H and O–H groups in total. The van der Waals surface area contributed by atoms with E-state index in [0.29, 0.717) is 6.04 Å². The average molecular weight is 311 g/mol. The minimum absolute atomic E-state index is 0.0786. The molecule has 0 aliphatic carbocycles. The first-order valence-corrected chi connectivity index (χ1v) is 7.21. The third-order valence-corrected chi connectivity index (χ3v) is 4.05. The van der Waals surface area contributed by atoms with Gasteiger partial charge in [-0.25, -0.2) is 0 Å². The van der Waals surface area contributed by atoms with Crippen molar-refractivity contribution in [2.24, 2.45) is 0 Å². The second-order valence-electron chi connectivity index (χ2n) is 4.81. The molecule has 1 aromatic rings. The van der Waals surface area contributed by atoms with Gasteiger partial charge >= 0.3 is 0 Å². The number of carbonyl (C=O) groups is 1. The molecule has 18 heavy (non-hydrogen) atoms. The van der Waals surface area contributed by atoms with Crippen molar-refractivity contribution in [3.05, 3.63) is 34.3 Å². The summed E-state index contributed by atoms with van der Waals surface area (Å²) in [6.45, 7) is 1.85. The normalized spacial score (nSPS) is 19.6. The van der Waals surface area contributed by atoms with E-state index in [9.17, 15) is 4.79 Å². The second kappa shape index (κ2) is 6.34. The minimum Gasteiger partial charge on any atom is -0.340 e. The first-order valence-electron chi connectivity index (χ1n) is 6.42. The molecular formula is C14H19BrN2O. The van der Waals surface area contributed by atoms with Gasteiger partial charge in [0.15, 0.2) is 0 Å². The molecule has 4 heteroatoms. The maximum atomic E-state index is 12.3. The molecule has 1 aliphatic rings. The summed E-state index contributed by atoms with van der Waals surface area (Å²) >= 11 is 3.43. The fraction of sp³-hybridized carbons (Fsp3) is 0.500. The number of hydrogen-bond donors (Lipinski definition) is 1. The summed E-state index contributed by atoms with van der Waals surface area (Å²) in [6, 6.07) is 8.01. The van der Waals surface area contributed by atoms with E-state index in [0.717, 1.165) is 29.5 Å². The van der Waals surface area contributed by atoms with Gasteiger partial charge in [-0.05, 0) is 47.4 Å². The van der Waals surface area contributed by atoms with Crippen LogP contribution in [-0.2, 0) is 0 Å². The van der Waals surface area contributed by atoms with E-state index in [1.165, 1.54) is 12.8 Å². The molecule has 98 valence electrons. The number of rotatable bonds is 3. The van der Waals surface area contributed by atoms with Gasteiger partial charge < -0.3 is 10.2 Å². The van der Waals surface area contributed by atoms with Crippen molar-refractivity contribution in [2.45, 2.75) is 25.3 Å². The Morgan fingerprint density at radius 1 is 1.44 bits per heavy atom. The van der Waals surface area contributed by atoms with E-state index < -0.39 is 0 Å². The molecule has 1 aromatic carbocycles. The fourth-order valence-corrected chi connectivity index (χ4v) is 2.79. The molecule has 0 radical (unpaired) electrons. The molecule has 0 spiro atoms. The Morgan fingerprint density at radius 2 is 2.22 bits per heavy atom. The van der Waals surface area contributed by atoms with Crippen LogP contribution in [0, 0.1) is 0 Å². The SMILES string of the molecule is CN(CC1CCCCN1)C(=O)c1ccccc1Br. The van der Waals surface area contributed by atoms with Gasteiger partial charge in [-0.2, -0.15) is 0 Å². The molecule has 0 aromatic heterocycles. The number of likely N-dealkylation sites (N-methyl/N-ethyl adjacent to an activating group) is 1. The van der Waals surface area contributed by atoms with Crippen molar-refractivity contribution >= 4 is 21.8 Å². The summed E-state index contributed by atoms with van der Waals surface area (Å²) in [7, 11) is 1.87. The molecule has 1 amide bonds. The maximum Gasteiger partial charge on any atom is 0.254 e. The monoisotopic (exact) mass is 310 g/mol. The highest BCUT2D eigenvalue weighted by Gasteiger charge is 2.19. The van der Waals surface area contributed by atoms with Crippen LogP contribution in [0.3, 0.4) is 0 Å². The number of hydrogen-bond acceptors (Lipinski definition) is 2. The average Bonchev–Trinajstić information content (AvgIpc) is 2.39. The number of benzene rings is 1. The topological polar surface area (TPSA) is 32.3 Å². The van der Waals surface area contributed by atoms with Gasteiger partial charge in [-0.3, -0.25) is 4.79 Å².